The summed E-state index contributed by atoms with van der Waals surface area (Å²) in [4.78, 5) is 22.6. The maximum atomic E-state index is 12.0. The van der Waals surface area contributed by atoms with E-state index in [1.54, 1.807) is 30.3 Å². The number of hydrazone groups is 1. The second kappa shape index (κ2) is 9.30. The number of carboxylic acids is 1. The molecule has 25 heavy (non-hydrogen) atoms. The van der Waals surface area contributed by atoms with Gasteiger partial charge in [-0.3, -0.25) is 4.79 Å². The number of nitrogens with one attached hydrogen (secondary N) is 1. The van der Waals surface area contributed by atoms with Crippen molar-refractivity contribution in [3.05, 3.63) is 60.0 Å². The Morgan fingerprint density at radius 3 is 2.52 bits per heavy atom. The molecule has 0 saturated heterocycles. The number of carbonyl (C=O) groups is 2. The van der Waals surface area contributed by atoms with Crippen LogP contribution in [0.2, 0.25) is 0 Å². The molecule has 0 bridgehead atoms. The van der Waals surface area contributed by atoms with Crippen LogP contribution in [-0.4, -0.2) is 29.8 Å². The van der Waals surface area contributed by atoms with Gasteiger partial charge in [-0.15, -0.1) is 0 Å². The summed E-state index contributed by atoms with van der Waals surface area (Å²) in [6.45, 7) is -0.448. The van der Waals surface area contributed by atoms with Crippen molar-refractivity contribution in [3.8, 4) is 5.75 Å². The molecule has 0 saturated carbocycles. The van der Waals surface area contributed by atoms with Crippen molar-refractivity contribution in [3.63, 3.8) is 0 Å². The number of amides is 1. The molecule has 0 heterocycles. The number of ether oxygens (including phenoxy) is 1. The van der Waals surface area contributed by atoms with Gasteiger partial charge in [0.1, 0.15) is 5.75 Å². The Balaban J connectivity index is 2.06. The monoisotopic (exact) mass is 580 g/mol. The highest BCUT2D eigenvalue weighted by atomic mass is 127. The van der Waals surface area contributed by atoms with Crippen molar-refractivity contribution in [1.29, 1.82) is 0 Å². The first kappa shape index (κ1) is 19.9. The van der Waals surface area contributed by atoms with Gasteiger partial charge < -0.3 is 9.84 Å². The Labute approximate surface area is 174 Å². The lowest BCUT2D eigenvalue weighted by molar-refractivity contribution is -0.139. The maximum absolute atomic E-state index is 12.0. The molecule has 2 aromatic carbocycles. The Hall–Kier alpha value is -1.46. The number of hydrogen-bond acceptors (Lipinski definition) is 4. The first-order valence-corrected chi connectivity index (χ1v) is 9.46. The molecule has 1 amide bonds. The van der Waals surface area contributed by atoms with Gasteiger partial charge in [-0.05, 0) is 90.3 Å². The van der Waals surface area contributed by atoms with E-state index in [1.165, 1.54) is 6.21 Å². The van der Waals surface area contributed by atoms with Gasteiger partial charge in [-0.25, -0.2) is 10.2 Å². The van der Waals surface area contributed by atoms with E-state index in [0.717, 1.165) is 3.57 Å². The van der Waals surface area contributed by atoms with Crippen molar-refractivity contribution >= 4 is 72.5 Å². The second-order valence-electron chi connectivity index (χ2n) is 4.71. The zero-order valence-corrected chi connectivity index (χ0v) is 17.8. The van der Waals surface area contributed by atoms with Gasteiger partial charge in [0.05, 0.1) is 15.2 Å². The van der Waals surface area contributed by atoms with Crippen LogP contribution in [-0.2, 0) is 4.79 Å². The number of nitrogens with zero attached hydrogens (tertiary/aromatic N) is 1. The summed E-state index contributed by atoms with van der Waals surface area (Å²) < 4.78 is 7.27. The maximum Gasteiger partial charge on any atom is 0.341 e. The van der Waals surface area contributed by atoms with E-state index >= 15 is 0 Å². The van der Waals surface area contributed by atoms with Crippen LogP contribution in [0.1, 0.15) is 15.9 Å². The Morgan fingerprint density at radius 2 is 1.92 bits per heavy atom. The summed E-state index contributed by atoms with van der Waals surface area (Å²) in [5.74, 6) is -1.00. The summed E-state index contributed by atoms with van der Waals surface area (Å²) in [7, 11) is 0. The fourth-order valence-electron chi connectivity index (χ4n) is 1.79. The summed E-state index contributed by atoms with van der Waals surface area (Å²) in [6, 6.07) is 10.5. The number of aliphatic carboxylic acids is 1. The van der Waals surface area contributed by atoms with Crippen LogP contribution in [0.5, 0.6) is 5.75 Å². The largest absolute Gasteiger partial charge is 0.480 e. The number of carboxylic acid groups (broad SMARTS) is 1. The van der Waals surface area contributed by atoms with Crippen molar-refractivity contribution in [1.82, 2.24) is 5.43 Å². The standard InChI is InChI=1S/C16H11Br2IN2O4/c17-12-4-9(5-13(18)15(12)25-8-14(22)23)7-20-21-16(24)10-2-1-3-11(19)6-10/h1-7H,8H2,(H,21,24)(H,22,23)/b20-7-. The highest BCUT2D eigenvalue weighted by molar-refractivity contribution is 14.1. The molecule has 0 aliphatic carbocycles. The zero-order valence-electron chi connectivity index (χ0n) is 12.5. The van der Waals surface area contributed by atoms with Crippen LogP contribution in [0.4, 0.5) is 0 Å². The third-order valence-corrected chi connectivity index (χ3v) is 4.68. The van der Waals surface area contributed by atoms with E-state index in [9.17, 15) is 9.59 Å². The molecule has 6 nitrogen and oxygen atoms in total. The van der Waals surface area contributed by atoms with Gasteiger partial charge in [0.2, 0.25) is 0 Å². The SMILES string of the molecule is O=C(O)COc1c(Br)cc(/C=N\NC(=O)c2cccc(I)c2)cc1Br. The van der Waals surface area contributed by atoms with Crippen molar-refractivity contribution < 1.29 is 19.4 Å². The van der Waals surface area contributed by atoms with Gasteiger partial charge >= 0.3 is 5.97 Å². The minimum Gasteiger partial charge on any atom is -0.480 e. The summed E-state index contributed by atoms with van der Waals surface area (Å²) in [5.41, 5.74) is 3.66. The van der Waals surface area contributed by atoms with Crippen molar-refractivity contribution in [2.75, 3.05) is 6.61 Å². The molecule has 0 aromatic heterocycles. The molecule has 9 heteroatoms. The number of hydrogen-bond donors (Lipinski definition) is 2. The van der Waals surface area contributed by atoms with E-state index in [1.807, 2.05) is 6.07 Å². The topological polar surface area (TPSA) is 88.0 Å². The Morgan fingerprint density at radius 1 is 1.24 bits per heavy atom. The first-order chi connectivity index (χ1) is 11.9. The van der Waals surface area contributed by atoms with Crippen LogP contribution in [0.3, 0.4) is 0 Å². The summed E-state index contributed by atoms with van der Waals surface area (Å²) in [5, 5.41) is 12.6. The number of benzene rings is 2. The fraction of sp³-hybridized carbons (Fsp3) is 0.0625. The molecule has 2 N–H and O–H groups in total. The minimum absolute atomic E-state index is 0.311. The minimum atomic E-state index is -1.07. The van der Waals surface area contributed by atoms with Gasteiger partial charge in [0.25, 0.3) is 5.91 Å². The van der Waals surface area contributed by atoms with Gasteiger partial charge in [0.15, 0.2) is 6.61 Å². The summed E-state index contributed by atoms with van der Waals surface area (Å²) >= 11 is 8.76. The second-order valence-corrected chi connectivity index (χ2v) is 7.66. The molecule has 0 spiro atoms. The van der Waals surface area contributed by atoms with Gasteiger partial charge in [0, 0.05) is 9.13 Å². The van der Waals surface area contributed by atoms with Crippen molar-refractivity contribution in [2.45, 2.75) is 0 Å². The average molecular weight is 582 g/mol. The van der Waals surface area contributed by atoms with Crippen molar-refractivity contribution in [2.24, 2.45) is 5.10 Å². The number of rotatable bonds is 6. The molecule has 2 aromatic rings. The summed E-state index contributed by atoms with van der Waals surface area (Å²) in [6.07, 6.45) is 1.47. The fourth-order valence-corrected chi connectivity index (χ4v) is 3.78. The first-order valence-electron chi connectivity index (χ1n) is 6.79. The molecule has 0 atom stereocenters. The predicted octanol–water partition coefficient (Wildman–Crippen LogP) is 4.04. The quantitative estimate of drug-likeness (QED) is 0.306. The lowest BCUT2D eigenvalue weighted by atomic mass is 10.2. The van der Waals surface area contributed by atoms with Crippen LogP contribution >= 0.6 is 54.5 Å². The number of halogens is 3. The van der Waals surface area contributed by atoms with Crippen LogP contribution in [0, 0.1) is 3.57 Å². The molecule has 2 rings (SSSR count). The molecule has 0 fully saturated rings. The molecule has 0 unspecified atom stereocenters. The molecule has 0 aliphatic heterocycles. The Bertz CT molecular complexity index is 820. The average Bonchev–Trinajstić information content (AvgIpc) is 2.53. The highest BCUT2D eigenvalue weighted by Crippen LogP contribution is 2.34. The smallest absolute Gasteiger partial charge is 0.341 e. The van der Waals surface area contributed by atoms with E-state index in [2.05, 4.69) is 65.0 Å². The third kappa shape index (κ3) is 6.08. The number of carbonyl (C=O) groups excluding carboxylic acids is 1. The molecule has 0 radical (unpaired) electrons. The van der Waals surface area contributed by atoms with E-state index in [0.29, 0.717) is 25.8 Å². The van der Waals surface area contributed by atoms with Gasteiger partial charge in [-0.1, -0.05) is 6.07 Å². The van der Waals surface area contributed by atoms with Crippen LogP contribution < -0.4 is 10.2 Å². The van der Waals surface area contributed by atoms with E-state index in [-0.39, 0.29) is 5.91 Å². The molecular weight excluding hydrogens is 571 g/mol. The van der Waals surface area contributed by atoms with Crippen LogP contribution in [0.15, 0.2) is 50.4 Å². The van der Waals surface area contributed by atoms with E-state index < -0.39 is 12.6 Å². The predicted molar refractivity (Wildman–Crippen MR) is 109 cm³/mol. The van der Waals surface area contributed by atoms with Crippen LogP contribution in [0.25, 0.3) is 0 Å². The molecule has 0 aliphatic rings. The third-order valence-electron chi connectivity index (χ3n) is 2.83. The zero-order chi connectivity index (χ0) is 18.4. The van der Waals surface area contributed by atoms with E-state index in [4.69, 9.17) is 9.84 Å². The lowest BCUT2D eigenvalue weighted by Gasteiger charge is -2.09. The Kier molecular flexibility index (Phi) is 7.38. The molecular formula is C16H11Br2IN2O4. The highest BCUT2D eigenvalue weighted by Gasteiger charge is 2.10. The normalized spacial score (nSPS) is 10.7. The van der Waals surface area contributed by atoms with Gasteiger partial charge in [-0.2, -0.15) is 5.10 Å². The lowest BCUT2D eigenvalue weighted by Crippen LogP contribution is -2.17. The molecule has 130 valence electrons.